The van der Waals surface area contributed by atoms with Gasteiger partial charge in [0.05, 0.1) is 11.9 Å². The highest BCUT2D eigenvalue weighted by Crippen LogP contribution is 2.40. The smallest absolute Gasteiger partial charge is 0.150 e. The molecule has 144 valence electrons. The quantitative estimate of drug-likeness (QED) is 0.590. The van der Waals surface area contributed by atoms with E-state index in [4.69, 9.17) is 5.10 Å². The number of rotatable bonds is 4. The Labute approximate surface area is 163 Å². The lowest BCUT2D eigenvalue weighted by atomic mass is 9.91. The third-order valence-electron chi connectivity index (χ3n) is 5.95. The molecule has 2 aromatic heterocycles. The van der Waals surface area contributed by atoms with Gasteiger partial charge in [-0.25, -0.2) is 8.78 Å². The molecule has 0 unspecified atom stereocenters. The van der Waals surface area contributed by atoms with E-state index in [1.807, 2.05) is 22.9 Å². The van der Waals surface area contributed by atoms with Crippen molar-refractivity contribution in [1.82, 2.24) is 14.8 Å². The van der Waals surface area contributed by atoms with Gasteiger partial charge in [0.2, 0.25) is 0 Å². The number of benzene rings is 1. The first kappa shape index (κ1) is 17.5. The Balaban J connectivity index is 1.49. The van der Waals surface area contributed by atoms with Gasteiger partial charge in [0.15, 0.2) is 5.82 Å². The lowest BCUT2D eigenvalue weighted by Gasteiger charge is -2.15. The number of hydrogen-bond acceptors (Lipinski definition) is 2. The molecule has 2 aliphatic rings. The zero-order chi connectivity index (χ0) is 19.1. The standard InChI is InChI=1S/C23H23F2N3/c24-18-8-4-15(5-9-18)11-17-3-1-2-10-28-23(17)13-22(27-28)19-12-21(16-6-7-16)26-14-20(19)25/h4-5,8-9,12-14,16-17H,1-3,6-7,10-11H2/t17-/m1/s1. The average Bonchev–Trinajstić information content (AvgIpc) is 3.49. The van der Waals surface area contributed by atoms with Gasteiger partial charge in [0.25, 0.3) is 0 Å². The van der Waals surface area contributed by atoms with Crippen molar-refractivity contribution in [3.05, 3.63) is 71.2 Å². The summed E-state index contributed by atoms with van der Waals surface area (Å²) in [5.74, 6) is 0.261. The topological polar surface area (TPSA) is 30.7 Å². The van der Waals surface area contributed by atoms with Crippen LogP contribution in [0.1, 0.15) is 60.9 Å². The Bertz CT molecular complexity index is 990. The molecule has 0 radical (unpaired) electrons. The van der Waals surface area contributed by atoms with E-state index in [2.05, 4.69) is 11.1 Å². The number of pyridine rings is 1. The summed E-state index contributed by atoms with van der Waals surface area (Å²) in [6.45, 7) is 0.859. The average molecular weight is 379 g/mol. The first-order valence-electron chi connectivity index (χ1n) is 10.2. The van der Waals surface area contributed by atoms with Gasteiger partial charge in [0, 0.05) is 35.3 Å². The summed E-state index contributed by atoms with van der Waals surface area (Å²) in [7, 11) is 0. The van der Waals surface area contributed by atoms with Crippen molar-refractivity contribution in [2.75, 3.05) is 0 Å². The van der Waals surface area contributed by atoms with Gasteiger partial charge < -0.3 is 0 Å². The first-order chi connectivity index (χ1) is 13.7. The molecule has 3 aromatic rings. The molecule has 1 aliphatic carbocycles. The predicted octanol–water partition coefficient (Wildman–Crippen LogP) is 5.61. The Morgan fingerprint density at radius 1 is 1.00 bits per heavy atom. The van der Waals surface area contributed by atoms with E-state index in [0.717, 1.165) is 62.0 Å². The monoisotopic (exact) mass is 379 g/mol. The highest BCUT2D eigenvalue weighted by Gasteiger charge is 2.27. The second-order valence-corrected chi connectivity index (χ2v) is 8.06. The van der Waals surface area contributed by atoms with Crippen LogP contribution in [0.5, 0.6) is 0 Å². The van der Waals surface area contributed by atoms with Crippen molar-refractivity contribution >= 4 is 0 Å². The van der Waals surface area contributed by atoms with Crippen molar-refractivity contribution in [3.63, 3.8) is 0 Å². The maximum atomic E-state index is 14.5. The summed E-state index contributed by atoms with van der Waals surface area (Å²) in [4.78, 5) is 4.26. The molecule has 1 saturated carbocycles. The van der Waals surface area contributed by atoms with E-state index < -0.39 is 0 Å². The summed E-state index contributed by atoms with van der Waals surface area (Å²) in [6, 6.07) is 10.7. The lowest BCUT2D eigenvalue weighted by Crippen LogP contribution is -2.08. The predicted molar refractivity (Wildman–Crippen MR) is 104 cm³/mol. The molecule has 5 rings (SSSR count). The van der Waals surface area contributed by atoms with Crippen LogP contribution in [0.25, 0.3) is 11.3 Å². The lowest BCUT2D eigenvalue weighted by molar-refractivity contribution is 0.575. The van der Waals surface area contributed by atoms with E-state index in [0.29, 0.717) is 23.1 Å². The molecule has 1 aliphatic heterocycles. The molecule has 0 bridgehead atoms. The summed E-state index contributed by atoms with van der Waals surface area (Å²) >= 11 is 0. The molecule has 3 nitrogen and oxygen atoms in total. The van der Waals surface area contributed by atoms with Crippen LogP contribution in [0, 0.1) is 11.6 Å². The highest BCUT2D eigenvalue weighted by atomic mass is 19.1. The largest absolute Gasteiger partial charge is 0.269 e. The molecule has 0 amide bonds. The number of aryl methyl sites for hydroxylation is 1. The Kier molecular flexibility index (Phi) is 4.46. The van der Waals surface area contributed by atoms with Crippen LogP contribution in [0.15, 0.2) is 42.6 Å². The molecule has 0 saturated heterocycles. The number of fused-ring (bicyclic) bond motifs is 1. The molecule has 0 N–H and O–H groups in total. The maximum Gasteiger partial charge on any atom is 0.150 e. The number of nitrogens with zero attached hydrogens (tertiary/aromatic N) is 3. The van der Waals surface area contributed by atoms with Crippen LogP contribution in [0.4, 0.5) is 8.78 Å². The van der Waals surface area contributed by atoms with Crippen LogP contribution in [0.2, 0.25) is 0 Å². The van der Waals surface area contributed by atoms with Crippen molar-refractivity contribution < 1.29 is 8.78 Å². The van der Waals surface area contributed by atoms with Gasteiger partial charge in [0.1, 0.15) is 5.82 Å². The van der Waals surface area contributed by atoms with Gasteiger partial charge in [-0.2, -0.15) is 5.10 Å². The molecular weight excluding hydrogens is 356 g/mol. The minimum atomic E-state index is -0.312. The molecule has 1 fully saturated rings. The van der Waals surface area contributed by atoms with E-state index in [9.17, 15) is 8.78 Å². The third kappa shape index (κ3) is 3.46. The first-order valence-corrected chi connectivity index (χ1v) is 10.2. The normalized spacial score (nSPS) is 19.3. The van der Waals surface area contributed by atoms with Crippen molar-refractivity contribution in [2.45, 2.75) is 56.9 Å². The van der Waals surface area contributed by atoms with Crippen molar-refractivity contribution in [1.29, 1.82) is 0 Å². The van der Waals surface area contributed by atoms with Crippen molar-refractivity contribution in [3.8, 4) is 11.3 Å². The van der Waals surface area contributed by atoms with Crippen molar-refractivity contribution in [2.24, 2.45) is 0 Å². The van der Waals surface area contributed by atoms with Crippen LogP contribution in [-0.2, 0) is 13.0 Å². The van der Waals surface area contributed by atoms with E-state index in [-0.39, 0.29) is 11.6 Å². The van der Waals surface area contributed by atoms with Gasteiger partial charge in [-0.05, 0) is 61.9 Å². The fourth-order valence-corrected chi connectivity index (χ4v) is 4.24. The highest BCUT2D eigenvalue weighted by molar-refractivity contribution is 5.61. The summed E-state index contributed by atoms with van der Waals surface area (Å²) in [6.07, 6.45) is 7.73. The van der Waals surface area contributed by atoms with Gasteiger partial charge in [-0.1, -0.05) is 18.6 Å². The van der Waals surface area contributed by atoms with Gasteiger partial charge in [-0.3, -0.25) is 9.67 Å². The molecular formula is C23H23F2N3. The molecule has 3 heterocycles. The van der Waals surface area contributed by atoms with Crippen LogP contribution in [-0.4, -0.2) is 14.8 Å². The third-order valence-corrected chi connectivity index (χ3v) is 5.95. The maximum absolute atomic E-state index is 14.5. The molecule has 1 atom stereocenters. The van der Waals surface area contributed by atoms with E-state index in [1.54, 1.807) is 0 Å². The number of aromatic nitrogens is 3. The van der Waals surface area contributed by atoms with E-state index >= 15 is 0 Å². The summed E-state index contributed by atoms with van der Waals surface area (Å²) in [5, 5.41) is 4.76. The van der Waals surface area contributed by atoms with E-state index in [1.165, 1.54) is 18.3 Å². The second-order valence-electron chi connectivity index (χ2n) is 8.06. The molecule has 5 heteroatoms. The zero-order valence-corrected chi connectivity index (χ0v) is 15.7. The number of hydrogen-bond donors (Lipinski definition) is 0. The fraction of sp³-hybridized carbons (Fsp3) is 0.391. The Morgan fingerprint density at radius 2 is 1.82 bits per heavy atom. The zero-order valence-electron chi connectivity index (χ0n) is 15.7. The van der Waals surface area contributed by atoms with Crippen LogP contribution in [0.3, 0.4) is 0 Å². The van der Waals surface area contributed by atoms with Gasteiger partial charge >= 0.3 is 0 Å². The van der Waals surface area contributed by atoms with Gasteiger partial charge in [-0.15, -0.1) is 0 Å². The fourth-order valence-electron chi connectivity index (χ4n) is 4.24. The summed E-state index contributed by atoms with van der Waals surface area (Å²) in [5.41, 5.74) is 4.50. The molecule has 1 aromatic carbocycles. The molecule has 28 heavy (non-hydrogen) atoms. The SMILES string of the molecule is Fc1ccc(C[C@H]2CCCCn3nc(-c4cc(C5CC5)ncc4F)cc32)cc1. The van der Waals surface area contributed by atoms with Crippen LogP contribution >= 0.6 is 0 Å². The van der Waals surface area contributed by atoms with Crippen LogP contribution < -0.4 is 0 Å². The Morgan fingerprint density at radius 3 is 2.61 bits per heavy atom. The minimum absolute atomic E-state index is 0.212. The molecule has 0 spiro atoms. The number of halogens is 2. The second kappa shape index (κ2) is 7.12. The Hall–Kier alpha value is -2.56. The minimum Gasteiger partial charge on any atom is -0.269 e. The summed E-state index contributed by atoms with van der Waals surface area (Å²) < 4.78 is 29.8.